The summed E-state index contributed by atoms with van der Waals surface area (Å²) in [6.07, 6.45) is -0.0527. The fraction of sp³-hybridized carbons (Fsp3) is 0.533. The monoisotopic (exact) mass is 358 g/mol. The molecule has 2 amide bonds. The summed E-state index contributed by atoms with van der Waals surface area (Å²) in [4.78, 5) is 27.4. The Morgan fingerprint density at radius 2 is 2.33 bits per heavy atom. The highest BCUT2D eigenvalue weighted by molar-refractivity contribution is 6.29. The number of nitrogens with zero attached hydrogens (tertiary/aromatic N) is 1. The minimum Gasteiger partial charge on any atom is -0.387 e. The molecule has 132 valence electrons. The molecule has 2 atom stereocenters. The molecule has 0 bridgehead atoms. The molecule has 0 saturated carbocycles. The minimum atomic E-state index is -1.62. The summed E-state index contributed by atoms with van der Waals surface area (Å²) in [6.45, 7) is 2.74. The van der Waals surface area contributed by atoms with E-state index >= 15 is 0 Å². The average Bonchev–Trinajstić information content (AvgIpc) is 2.88. The van der Waals surface area contributed by atoms with Crippen molar-refractivity contribution >= 4 is 29.1 Å². The summed E-state index contributed by atoms with van der Waals surface area (Å²) >= 11 is 5.86. The normalized spacial score (nSPS) is 18.9. The SMILES string of the molecule is CC(C)(O)C(F)CNC(=O)c1cnc(Cl)cc1NC1CNC(=O)C1. The van der Waals surface area contributed by atoms with Gasteiger partial charge in [0.05, 0.1) is 29.4 Å². The van der Waals surface area contributed by atoms with Crippen LogP contribution in [0.3, 0.4) is 0 Å². The zero-order valence-corrected chi connectivity index (χ0v) is 14.2. The number of amides is 2. The van der Waals surface area contributed by atoms with Gasteiger partial charge in [-0.05, 0) is 19.9 Å². The second-order valence-electron chi connectivity index (χ2n) is 6.23. The van der Waals surface area contributed by atoms with Gasteiger partial charge >= 0.3 is 0 Å². The summed E-state index contributed by atoms with van der Waals surface area (Å²) in [6, 6.07) is 1.30. The standard InChI is InChI=1S/C15H20ClFN4O3/c1-15(2,24)11(17)7-20-14(23)9-6-18-12(16)4-10(9)21-8-3-13(22)19-5-8/h4,6,8,11,24H,3,5,7H2,1-2H3,(H,18,21)(H,19,22)(H,20,23). The van der Waals surface area contributed by atoms with Crippen LogP contribution < -0.4 is 16.0 Å². The third-order valence-electron chi connectivity index (χ3n) is 3.66. The first-order valence-corrected chi connectivity index (χ1v) is 7.88. The molecule has 2 rings (SSSR count). The Bertz CT molecular complexity index is 636. The van der Waals surface area contributed by atoms with Crippen LogP contribution in [-0.4, -0.2) is 52.8 Å². The Labute approximate surface area is 144 Å². The molecule has 4 N–H and O–H groups in total. The molecule has 0 radical (unpaired) electrons. The second-order valence-corrected chi connectivity index (χ2v) is 6.62. The first kappa shape index (κ1) is 18.4. The first-order chi connectivity index (χ1) is 11.2. The largest absolute Gasteiger partial charge is 0.387 e. The van der Waals surface area contributed by atoms with E-state index in [9.17, 15) is 19.1 Å². The van der Waals surface area contributed by atoms with Gasteiger partial charge < -0.3 is 21.1 Å². The molecule has 2 unspecified atom stereocenters. The number of hydrogen-bond acceptors (Lipinski definition) is 5. The van der Waals surface area contributed by atoms with Crippen molar-refractivity contribution in [2.45, 2.75) is 38.1 Å². The second kappa shape index (κ2) is 7.31. The van der Waals surface area contributed by atoms with Gasteiger partial charge in [0, 0.05) is 19.2 Å². The van der Waals surface area contributed by atoms with Gasteiger partial charge in [0.15, 0.2) is 0 Å². The highest BCUT2D eigenvalue weighted by Gasteiger charge is 2.28. The summed E-state index contributed by atoms with van der Waals surface area (Å²) in [5.41, 5.74) is -0.961. The van der Waals surface area contributed by atoms with Gasteiger partial charge in [-0.25, -0.2) is 9.37 Å². The molecule has 24 heavy (non-hydrogen) atoms. The van der Waals surface area contributed by atoms with Crippen LogP contribution in [0.1, 0.15) is 30.6 Å². The molecular weight excluding hydrogens is 339 g/mol. The third-order valence-corrected chi connectivity index (χ3v) is 3.87. The van der Waals surface area contributed by atoms with Crippen LogP contribution in [0, 0.1) is 0 Å². The van der Waals surface area contributed by atoms with Crippen molar-refractivity contribution < 1.29 is 19.1 Å². The van der Waals surface area contributed by atoms with Crippen LogP contribution in [0.4, 0.5) is 10.1 Å². The molecule has 1 aliphatic heterocycles. The van der Waals surface area contributed by atoms with Crippen LogP contribution in [0.15, 0.2) is 12.3 Å². The lowest BCUT2D eigenvalue weighted by atomic mass is 10.0. The van der Waals surface area contributed by atoms with Crippen molar-refractivity contribution in [2.75, 3.05) is 18.4 Å². The van der Waals surface area contributed by atoms with Crippen molar-refractivity contribution in [3.63, 3.8) is 0 Å². The maximum absolute atomic E-state index is 13.8. The van der Waals surface area contributed by atoms with E-state index < -0.39 is 17.7 Å². The molecule has 1 aliphatic rings. The lowest BCUT2D eigenvalue weighted by Gasteiger charge is -2.23. The number of carbonyl (C=O) groups excluding carboxylic acids is 2. The molecule has 1 aromatic rings. The molecule has 1 aromatic heterocycles. The molecule has 7 nitrogen and oxygen atoms in total. The van der Waals surface area contributed by atoms with Gasteiger partial charge in [-0.3, -0.25) is 9.59 Å². The topological polar surface area (TPSA) is 103 Å². The zero-order valence-electron chi connectivity index (χ0n) is 13.4. The number of aliphatic hydroxyl groups is 1. The van der Waals surface area contributed by atoms with Crippen molar-refractivity contribution in [3.05, 3.63) is 23.0 Å². The summed E-state index contributed by atoms with van der Waals surface area (Å²) in [5.74, 6) is -0.630. The maximum atomic E-state index is 13.8. The van der Waals surface area contributed by atoms with Gasteiger partial charge in [0.25, 0.3) is 5.91 Å². The smallest absolute Gasteiger partial charge is 0.255 e. The van der Waals surface area contributed by atoms with Crippen LogP contribution in [-0.2, 0) is 4.79 Å². The summed E-state index contributed by atoms with van der Waals surface area (Å²) in [5, 5.41) is 17.9. The number of pyridine rings is 1. The van der Waals surface area contributed by atoms with Gasteiger partial charge in [0.2, 0.25) is 5.91 Å². The molecular formula is C15H20ClFN4O3. The fourth-order valence-corrected chi connectivity index (χ4v) is 2.34. The van der Waals surface area contributed by atoms with E-state index in [0.717, 1.165) is 0 Å². The fourth-order valence-electron chi connectivity index (χ4n) is 2.18. The van der Waals surface area contributed by atoms with E-state index in [1.54, 1.807) is 0 Å². The van der Waals surface area contributed by atoms with Gasteiger partial charge in [-0.2, -0.15) is 0 Å². The number of nitrogens with one attached hydrogen (secondary N) is 3. The highest BCUT2D eigenvalue weighted by atomic mass is 35.5. The van der Waals surface area contributed by atoms with Gasteiger partial charge in [0.1, 0.15) is 11.3 Å². The third kappa shape index (κ3) is 4.78. The Morgan fingerprint density at radius 1 is 1.62 bits per heavy atom. The van der Waals surface area contributed by atoms with E-state index in [0.29, 0.717) is 12.2 Å². The van der Waals surface area contributed by atoms with Gasteiger partial charge in [-0.1, -0.05) is 11.6 Å². The Morgan fingerprint density at radius 3 is 2.92 bits per heavy atom. The van der Waals surface area contributed by atoms with E-state index in [2.05, 4.69) is 20.9 Å². The zero-order chi connectivity index (χ0) is 17.9. The first-order valence-electron chi connectivity index (χ1n) is 7.50. The Kier molecular flexibility index (Phi) is 5.61. The van der Waals surface area contributed by atoms with Crippen molar-refractivity contribution in [2.24, 2.45) is 0 Å². The number of hydrogen-bond donors (Lipinski definition) is 4. The molecule has 1 fully saturated rings. The number of anilines is 1. The van der Waals surface area contributed by atoms with E-state index in [-0.39, 0.29) is 35.6 Å². The number of alkyl halides is 1. The van der Waals surface area contributed by atoms with E-state index in [1.165, 1.54) is 26.1 Å². The maximum Gasteiger partial charge on any atom is 0.255 e. The van der Waals surface area contributed by atoms with Crippen molar-refractivity contribution in [1.82, 2.24) is 15.6 Å². The summed E-state index contributed by atoms with van der Waals surface area (Å²) in [7, 11) is 0. The molecule has 0 aliphatic carbocycles. The van der Waals surface area contributed by atoms with Gasteiger partial charge in [-0.15, -0.1) is 0 Å². The highest BCUT2D eigenvalue weighted by Crippen LogP contribution is 2.21. The number of halogens is 2. The molecule has 9 heteroatoms. The predicted molar refractivity (Wildman–Crippen MR) is 87.8 cm³/mol. The molecule has 0 spiro atoms. The van der Waals surface area contributed by atoms with Crippen LogP contribution in [0.25, 0.3) is 0 Å². The minimum absolute atomic E-state index is 0.0795. The molecule has 0 aromatic carbocycles. The Balaban J connectivity index is 2.08. The number of aromatic nitrogens is 1. The van der Waals surface area contributed by atoms with Crippen LogP contribution in [0.5, 0.6) is 0 Å². The van der Waals surface area contributed by atoms with Crippen molar-refractivity contribution in [1.29, 1.82) is 0 Å². The number of carbonyl (C=O) groups is 2. The number of rotatable bonds is 6. The van der Waals surface area contributed by atoms with E-state index in [4.69, 9.17) is 11.6 Å². The Hall–Kier alpha value is -1.93. The predicted octanol–water partition coefficient (Wildman–Crippen LogP) is 0.874. The quantitative estimate of drug-likeness (QED) is 0.565. The van der Waals surface area contributed by atoms with Crippen LogP contribution in [0.2, 0.25) is 5.15 Å². The van der Waals surface area contributed by atoms with Crippen LogP contribution >= 0.6 is 11.6 Å². The lowest BCUT2D eigenvalue weighted by molar-refractivity contribution is -0.119. The summed E-state index contributed by atoms with van der Waals surface area (Å²) < 4.78 is 13.8. The average molecular weight is 359 g/mol. The lowest BCUT2D eigenvalue weighted by Crippen LogP contribution is -2.42. The van der Waals surface area contributed by atoms with E-state index in [1.807, 2.05) is 0 Å². The molecule has 1 saturated heterocycles. The van der Waals surface area contributed by atoms with Crippen molar-refractivity contribution in [3.8, 4) is 0 Å². The molecule has 2 heterocycles.